The van der Waals surface area contributed by atoms with Gasteiger partial charge in [-0.1, -0.05) is 48.0 Å². The van der Waals surface area contributed by atoms with Crippen LogP contribution in [0.25, 0.3) is 0 Å². The molecule has 0 radical (unpaired) electrons. The van der Waals surface area contributed by atoms with Crippen molar-refractivity contribution in [2.45, 2.75) is 25.9 Å². The molecular formula is C23H28ClN5O4. The molecule has 0 fully saturated rings. The van der Waals surface area contributed by atoms with Crippen LogP contribution < -0.4 is 0 Å². The van der Waals surface area contributed by atoms with E-state index in [2.05, 4.69) is 4.98 Å². The van der Waals surface area contributed by atoms with Gasteiger partial charge in [-0.2, -0.15) is 0 Å². The molecule has 0 aliphatic carbocycles. The van der Waals surface area contributed by atoms with E-state index in [-0.39, 0.29) is 17.2 Å². The summed E-state index contributed by atoms with van der Waals surface area (Å²) < 4.78 is 5.04. The average Bonchev–Trinajstić information content (AvgIpc) is 2.82. The molecule has 2 aromatic rings. The monoisotopic (exact) mass is 473 g/mol. The Hall–Kier alpha value is -3.17. The molecule has 0 amide bonds. The summed E-state index contributed by atoms with van der Waals surface area (Å²) >= 11 is 5.88. The number of carbonyl (C=O) groups excluding carboxylic acids is 1. The standard InChI is InChI=1S/C23H28ClN5O4/c1-4-27(14-18-10-11-21(24)25-13-18)22-20(29(31)32)15-28(16-26(22)2)19(23(30)33-3)12-17-8-6-5-7-9-17/h5-11,13,19H,4,12,14-16H2,1-3H3/t19-/m0/s1. The van der Waals surface area contributed by atoms with Crippen LogP contribution in [0.5, 0.6) is 0 Å². The summed E-state index contributed by atoms with van der Waals surface area (Å²) in [5, 5.41) is 12.5. The topological polar surface area (TPSA) is 92.0 Å². The van der Waals surface area contributed by atoms with E-state index >= 15 is 0 Å². The molecule has 0 bridgehead atoms. The molecule has 10 heteroatoms. The predicted molar refractivity (Wildman–Crippen MR) is 125 cm³/mol. The first-order valence-electron chi connectivity index (χ1n) is 10.6. The molecule has 0 N–H and O–H groups in total. The lowest BCUT2D eigenvalue weighted by Gasteiger charge is -2.41. The number of esters is 1. The first-order valence-corrected chi connectivity index (χ1v) is 11.0. The molecule has 1 aromatic heterocycles. The molecule has 9 nitrogen and oxygen atoms in total. The first kappa shape index (κ1) is 24.5. The number of hydrogen-bond acceptors (Lipinski definition) is 8. The van der Waals surface area contributed by atoms with Gasteiger partial charge < -0.3 is 14.5 Å². The molecule has 0 saturated carbocycles. The Morgan fingerprint density at radius 3 is 2.58 bits per heavy atom. The van der Waals surface area contributed by atoms with Gasteiger partial charge in [0.05, 0.1) is 25.2 Å². The van der Waals surface area contributed by atoms with E-state index in [1.54, 1.807) is 24.2 Å². The van der Waals surface area contributed by atoms with Crippen LogP contribution in [-0.2, 0) is 22.5 Å². The van der Waals surface area contributed by atoms with Crippen molar-refractivity contribution >= 4 is 17.6 Å². The second-order valence-corrected chi connectivity index (χ2v) is 8.23. The van der Waals surface area contributed by atoms with Crippen molar-refractivity contribution < 1.29 is 14.5 Å². The van der Waals surface area contributed by atoms with Crippen molar-refractivity contribution in [2.75, 3.05) is 33.9 Å². The van der Waals surface area contributed by atoms with Crippen molar-refractivity contribution in [1.82, 2.24) is 19.7 Å². The Kier molecular flexibility index (Phi) is 8.24. The van der Waals surface area contributed by atoms with E-state index in [0.717, 1.165) is 11.1 Å². The van der Waals surface area contributed by atoms with Crippen molar-refractivity contribution in [3.8, 4) is 0 Å². The summed E-state index contributed by atoms with van der Waals surface area (Å²) in [6.07, 6.45) is 2.06. The van der Waals surface area contributed by atoms with Gasteiger partial charge in [-0.05, 0) is 30.5 Å². The fourth-order valence-corrected chi connectivity index (χ4v) is 4.15. The highest BCUT2D eigenvalue weighted by Crippen LogP contribution is 2.26. The van der Waals surface area contributed by atoms with Gasteiger partial charge in [-0.15, -0.1) is 0 Å². The maximum atomic E-state index is 12.6. The second kappa shape index (κ2) is 11.1. The van der Waals surface area contributed by atoms with Crippen molar-refractivity contribution in [3.63, 3.8) is 0 Å². The molecule has 1 aromatic carbocycles. The Balaban J connectivity index is 1.91. The highest BCUT2D eigenvalue weighted by molar-refractivity contribution is 6.29. The third-order valence-electron chi connectivity index (χ3n) is 5.62. The lowest BCUT2D eigenvalue weighted by Crippen LogP contribution is -2.54. The number of rotatable bonds is 9. The fourth-order valence-electron chi connectivity index (χ4n) is 4.04. The molecule has 0 unspecified atom stereocenters. The number of benzene rings is 1. The highest BCUT2D eigenvalue weighted by Gasteiger charge is 2.39. The Labute approximate surface area is 198 Å². The largest absolute Gasteiger partial charge is 0.468 e. The number of aromatic nitrogens is 1. The molecule has 1 aliphatic rings. The van der Waals surface area contributed by atoms with Gasteiger partial charge in [0.1, 0.15) is 11.2 Å². The molecule has 33 heavy (non-hydrogen) atoms. The van der Waals surface area contributed by atoms with Crippen LogP contribution in [0.15, 0.2) is 60.2 Å². The molecular weight excluding hydrogens is 446 g/mol. The van der Waals surface area contributed by atoms with Crippen molar-refractivity contribution in [3.05, 3.63) is 86.6 Å². The first-order chi connectivity index (χ1) is 15.8. The highest BCUT2D eigenvalue weighted by atomic mass is 35.5. The summed E-state index contributed by atoms with van der Waals surface area (Å²) in [7, 11) is 3.13. The number of ether oxygens (including phenoxy) is 1. The van der Waals surface area contributed by atoms with Crippen LogP contribution in [0.2, 0.25) is 5.15 Å². The number of nitrogens with zero attached hydrogens (tertiary/aromatic N) is 5. The summed E-state index contributed by atoms with van der Waals surface area (Å²) in [4.78, 5) is 34.0. The number of halogens is 1. The lowest BCUT2D eigenvalue weighted by molar-refractivity contribution is -0.434. The van der Waals surface area contributed by atoms with Gasteiger partial charge in [0.2, 0.25) is 0 Å². The maximum absolute atomic E-state index is 12.6. The van der Waals surface area contributed by atoms with Crippen LogP contribution in [0.3, 0.4) is 0 Å². The normalized spacial score (nSPS) is 15.3. The minimum atomic E-state index is -0.646. The van der Waals surface area contributed by atoms with E-state index in [0.29, 0.717) is 37.2 Å². The number of nitro groups is 1. The summed E-state index contributed by atoms with van der Waals surface area (Å²) in [5.41, 5.74) is 1.89. The van der Waals surface area contributed by atoms with Crippen LogP contribution >= 0.6 is 11.6 Å². The minimum Gasteiger partial charge on any atom is -0.468 e. The zero-order chi connectivity index (χ0) is 24.0. The second-order valence-electron chi connectivity index (χ2n) is 7.85. The van der Waals surface area contributed by atoms with Crippen LogP contribution in [0, 0.1) is 10.1 Å². The van der Waals surface area contributed by atoms with E-state index in [4.69, 9.17) is 16.3 Å². The molecule has 0 spiro atoms. The molecule has 2 heterocycles. The van der Waals surface area contributed by atoms with Crippen LogP contribution in [0.1, 0.15) is 18.1 Å². The molecule has 0 saturated heterocycles. The van der Waals surface area contributed by atoms with E-state index in [9.17, 15) is 14.9 Å². The van der Waals surface area contributed by atoms with Gasteiger partial charge in [0.25, 0.3) is 5.70 Å². The smallest absolute Gasteiger partial charge is 0.323 e. The molecule has 3 rings (SSSR count). The maximum Gasteiger partial charge on any atom is 0.323 e. The number of hydrogen-bond donors (Lipinski definition) is 0. The fraction of sp³-hybridized carbons (Fsp3) is 0.391. The third-order valence-corrected chi connectivity index (χ3v) is 5.84. The van der Waals surface area contributed by atoms with E-state index in [1.807, 2.05) is 53.1 Å². The summed E-state index contributed by atoms with van der Waals surface area (Å²) in [6, 6.07) is 12.5. The molecule has 1 atom stereocenters. The van der Waals surface area contributed by atoms with Crippen molar-refractivity contribution in [1.29, 1.82) is 0 Å². The Morgan fingerprint density at radius 2 is 2.00 bits per heavy atom. The predicted octanol–water partition coefficient (Wildman–Crippen LogP) is 2.99. The molecule has 1 aliphatic heterocycles. The van der Waals surface area contributed by atoms with Gasteiger partial charge in [0.15, 0.2) is 5.82 Å². The summed E-state index contributed by atoms with van der Waals surface area (Å²) in [5.74, 6) is 0.106. The molecule has 176 valence electrons. The number of carbonyl (C=O) groups is 1. The van der Waals surface area contributed by atoms with Crippen molar-refractivity contribution in [2.24, 2.45) is 0 Å². The minimum absolute atomic E-state index is 0.0225. The number of pyridine rings is 1. The zero-order valence-electron chi connectivity index (χ0n) is 19.0. The van der Waals surface area contributed by atoms with Crippen LogP contribution in [0.4, 0.5) is 0 Å². The lowest BCUT2D eigenvalue weighted by atomic mass is 10.0. The van der Waals surface area contributed by atoms with Gasteiger partial charge in [-0.3, -0.25) is 19.8 Å². The van der Waals surface area contributed by atoms with Gasteiger partial charge >= 0.3 is 5.97 Å². The van der Waals surface area contributed by atoms with Crippen LogP contribution in [-0.4, -0.2) is 70.5 Å². The Morgan fingerprint density at radius 1 is 1.27 bits per heavy atom. The third kappa shape index (κ3) is 6.00. The quantitative estimate of drug-likeness (QED) is 0.237. The van der Waals surface area contributed by atoms with E-state index in [1.165, 1.54) is 7.11 Å². The average molecular weight is 474 g/mol. The van der Waals surface area contributed by atoms with Gasteiger partial charge in [0, 0.05) is 26.3 Å². The summed E-state index contributed by atoms with van der Waals surface area (Å²) in [6.45, 7) is 3.32. The number of methoxy groups -OCH3 is 1. The SMILES string of the molecule is CCN(Cc1ccc(Cl)nc1)C1=C([N+](=O)[O-])CN([C@@H](Cc2ccccc2)C(=O)OC)CN1C. The zero-order valence-corrected chi connectivity index (χ0v) is 19.7. The van der Waals surface area contributed by atoms with Gasteiger partial charge in [-0.25, -0.2) is 4.98 Å². The Bertz CT molecular complexity index is 1000. The van der Waals surface area contributed by atoms with E-state index < -0.39 is 12.0 Å².